The first-order valence-corrected chi connectivity index (χ1v) is 7.81. The van der Waals surface area contributed by atoms with Gasteiger partial charge in [0.25, 0.3) is 0 Å². The Morgan fingerprint density at radius 2 is 1.52 bits per heavy atom. The minimum atomic E-state index is 1.01. The van der Waals surface area contributed by atoms with Gasteiger partial charge in [0, 0.05) is 28.4 Å². The summed E-state index contributed by atoms with van der Waals surface area (Å²) in [5, 5.41) is 5.54. The van der Waals surface area contributed by atoms with E-state index in [0.717, 1.165) is 6.54 Å². The molecule has 0 N–H and O–H groups in total. The minimum Gasteiger partial charge on any atom is -0.341 e. The van der Waals surface area contributed by atoms with Crippen molar-refractivity contribution in [3.63, 3.8) is 0 Å². The van der Waals surface area contributed by atoms with E-state index in [1.807, 2.05) is 0 Å². The molecule has 0 saturated carbocycles. The molecule has 3 aromatic carbocycles. The summed E-state index contributed by atoms with van der Waals surface area (Å²) in [6, 6.07) is 18.3. The van der Waals surface area contributed by atoms with Crippen LogP contribution >= 0.6 is 0 Å². The number of nitrogens with zero attached hydrogens (tertiary/aromatic N) is 1. The van der Waals surface area contributed by atoms with E-state index < -0.39 is 0 Å². The largest absolute Gasteiger partial charge is 0.341 e. The molecular formula is C20H17N. The summed E-state index contributed by atoms with van der Waals surface area (Å²) >= 11 is 0. The van der Waals surface area contributed by atoms with Crippen LogP contribution in [0.25, 0.3) is 32.6 Å². The molecule has 0 bridgehead atoms. The summed E-state index contributed by atoms with van der Waals surface area (Å²) in [6.45, 7) is 3.24. The third-order valence-corrected chi connectivity index (χ3v) is 5.03. The van der Waals surface area contributed by atoms with Crippen LogP contribution in [-0.2, 0) is 19.4 Å². The molecule has 0 fully saturated rings. The van der Waals surface area contributed by atoms with E-state index in [4.69, 9.17) is 0 Å². The van der Waals surface area contributed by atoms with Gasteiger partial charge in [-0.15, -0.1) is 0 Å². The molecule has 0 spiro atoms. The van der Waals surface area contributed by atoms with Crippen molar-refractivity contribution < 1.29 is 0 Å². The van der Waals surface area contributed by atoms with Gasteiger partial charge in [-0.25, -0.2) is 0 Å². The Kier molecular flexibility index (Phi) is 2.11. The maximum absolute atomic E-state index is 2.43. The standard InChI is InChI=1S/C20H17N/c1-2-21-19-6-4-3-5-17(19)18-11-15-9-13-7-8-14(13)10-16(15)12-20(18)21/h3-6,9-12H,2,7-8H2,1H3. The van der Waals surface area contributed by atoms with Crippen LogP contribution in [0, 0.1) is 0 Å². The Balaban J connectivity index is 2.00. The van der Waals surface area contributed by atoms with Gasteiger partial charge in [-0.1, -0.05) is 30.3 Å². The third-order valence-electron chi connectivity index (χ3n) is 5.03. The monoisotopic (exact) mass is 271 g/mol. The zero-order chi connectivity index (χ0) is 14.0. The predicted octanol–water partition coefficient (Wildman–Crippen LogP) is 5.07. The highest BCUT2D eigenvalue weighted by Crippen LogP contribution is 2.35. The highest BCUT2D eigenvalue weighted by molar-refractivity contribution is 6.12. The van der Waals surface area contributed by atoms with E-state index in [-0.39, 0.29) is 0 Å². The number of para-hydroxylation sites is 1. The van der Waals surface area contributed by atoms with Crippen molar-refractivity contribution in [3.05, 3.63) is 59.7 Å². The molecule has 4 aromatic rings. The van der Waals surface area contributed by atoms with E-state index in [9.17, 15) is 0 Å². The van der Waals surface area contributed by atoms with E-state index in [1.54, 1.807) is 11.1 Å². The van der Waals surface area contributed by atoms with Crippen molar-refractivity contribution in [2.45, 2.75) is 26.3 Å². The topological polar surface area (TPSA) is 4.93 Å². The summed E-state index contributed by atoms with van der Waals surface area (Å²) < 4.78 is 2.43. The molecule has 1 aliphatic rings. The molecule has 0 aliphatic heterocycles. The molecule has 5 rings (SSSR count). The van der Waals surface area contributed by atoms with E-state index in [1.165, 1.54) is 45.4 Å². The van der Waals surface area contributed by atoms with E-state index in [0.29, 0.717) is 0 Å². The lowest BCUT2D eigenvalue weighted by atomic mass is 9.86. The van der Waals surface area contributed by atoms with Crippen LogP contribution in [0.5, 0.6) is 0 Å². The molecule has 1 heteroatoms. The van der Waals surface area contributed by atoms with Crippen LogP contribution in [0.2, 0.25) is 0 Å². The zero-order valence-electron chi connectivity index (χ0n) is 12.2. The predicted molar refractivity (Wildman–Crippen MR) is 90.0 cm³/mol. The summed E-state index contributed by atoms with van der Waals surface area (Å²) in [5.74, 6) is 0. The quantitative estimate of drug-likeness (QED) is 0.455. The van der Waals surface area contributed by atoms with Crippen molar-refractivity contribution in [1.82, 2.24) is 4.57 Å². The SMILES string of the molecule is CCn1c2ccccc2c2cc3cc4c(cc3cc21)CC4. The summed E-state index contributed by atoms with van der Waals surface area (Å²) in [4.78, 5) is 0. The van der Waals surface area contributed by atoms with Crippen molar-refractivity contribution in [3.8, 4) is 0 Å². The lowest BCUT2D eigenvalue weighted by molar-refractivity contribution is 0.827. The van der Waals surface area contributed by atoms with Crippen molar-refractivity contribution >= 4 is 32.6 Å². The molecule has 1 heterocycles. The fourth-order valence-electron chi connectivity index (χ4n) is 3.84. The smallest absolute Gasteiger partial charge is 0.0497 e. The van der Waals surface area contributed by atoms with Gasteiger partial charge in [-0.2, -0.15) is 0 Å². The van der Waals surface area contributed by atoms with Gasteiger partial charge in [0.15, 0.2) is 0 Å². The second kappa shape index (κ2) is 3.88. The minimum absolute atomic E-state index is 1.01. The molecule has 0 atom stereocenters. The lowest BCUT2D eigenvalue weighted by Crippen LogP contribution is -2.07. The molecule has 21 heavy (non-hydrogen) atoms. The number of benzene rings is 3. The second-order valence-electron chi connectivity index (χ2n) is 6.10. The summed E-state index contributed by atoms with van der Waals surface area (Å²) in [5.41, 5.74) is 5.80. The lowest BCUT2D eigenvalue weighted by Gasteiger charge is -2.19. The van der Waals surface area contributed by atoms with Gasteiger partial charge in [0.2, 0.25) is 0 Å². The van der Waals surface area contributed by atoms with Crippen molar-refractivity contribution in [1.29, 1.82) is 0 Å². The van der Waals surface area contributed by atoms with Crippen LogP contribution in [0.3, 0.4) is 0 Å². The van der Waals surface area contributed by atoms with Gasteiger partial charge < -0.3 is 4.57 Å². The molecule has 1 nitrogen and oxygen atoms in total. The summed E-state index contributed by atoms with van der Waals surface area (Å²) in [6.07, 6.45) is 2.50. The Morgan fingerprint density at radius 3 is 2.24 bits per heavy atom. The van der Waals surface area contributed by atoms with Crippen LogP contribution in [0.4, 0.5) is 0 Å². The number of hydrogen-bond acceptors (Lipinski definition) is 0. The first-order chi connectivity index (χ1) is 10.3. The number of hydrogen-bond donors (Lipinski definition) is 0. The molecular weight excluding hydrogens is 254 g/mol. The van der Waals surface area contributed by atoms with Gasteiger partial charge in [0.05, 0.1) is 0 Å². The Morgan fingerprint density at radius 1 is 0.810 bits per heavy atom. The molecule has 0 unspecified atom stereocenters. The molecule has 0 radical (unpaired) electrons. The third kappa shape index (κ3) is 1.41. The highest BCUT2D eigenvalue weighted by atomic mass is 15.0. The van der Waals surface area contributed by atoms with Crippen molar-refractivity contribution in [2.75, 3.05) is 0 Å². The molecule has 1 aromatic heterocycles. The van der Waals surface area contributed by atoms with Crippen LogP contribution in [0.1, 0.15) is 18.1 Å². The maximum atomic E-state index is 2.43. The molecule has 102 valence electrons. The fraction of sp³-hybridized carbons (Fsp3) is 0.200. The van der Waals surface area contributed by atoms with E-state index in [2.05, 4.69) is 60.0 Å². The normalized spacial score (nSPS) is 13.8. The Labute approximate surface area is 123 Å². The van der Waals surface area contributed by atoms with Crippen LogP contribution in [-0.4, -0.2) is 4.57 Å². The number of fused-ring (bicyclic) bond motifs is 5. The second-order valence-corrected chi connectivity index (χ2v) is 6.10. The highest BCUT2D eigenvalue weighted by Gasteiger charge is 2.15. The molecule has 0 amide bonds. The number of aromatic nitrogens is 1. The average molecular weight is 271 g/mol. The average Bonchev–Trinajstić information content (AvgIpc) is 2.80. The van der Waals surface area contributed by atoms with Gasteiger partial charge in [-0.3, -0.25) is 0 Å². The van der Waals surface area contributed by atoms with Crippen molar-refractivity contribution in [2.24, 2.45) is 0 Å². The Hall–Kier alpha value is -2.28. The maximum Gasteiger partial charge on any atom is 0.0497 e. The Bertz CT molecular complexity index is 1020. The summed E-state index contributed by atoms with van der Waals surface area (Å²) in [7, 11) is 0. The first kappa shape index (κ1) is 11.4. The van der Waals surface area contributed by atoms with Gasteiger partial charge in [0.1, 0.15) is 0 Å². The number of aryl methyl sites for hydroxylation is 3. The first-order valence-electron chi connectivity index (χ1n) is 7.81. The zero-order valence-corrected chi connectivity index (χ0v) is 12.2. The molecule has 1 aliphatic carbocycles. The van der Waals surface area contributed by atoms with Gasteiger partial charge in [-0.05, 0) is 59.9 Å². The van der Waals surface area contributed by atoms with E-state index >= 15 is 0 Å². The van der Waals surface area contributed by atoms with Gasteiger partial charge >= 0.3 is 0 Å². The van der Waals surface area contributed by atoms with Crippen LogP contribution < -0.4 is 0 Å². The van der Waals surface area contributed by atoms with Crippen LogP contribution in [0.15, 0.2) is 48.5 Å². The fourth-order valence-corrected chi connectivity index (χ4v) is 3.84. The molecule has 0 saturated heterocycles. The number of rotatable bonds is 1.